The highest BCUT2D eigenvalue weighted by atomic mass is 15.5. The molecule has 0 saturated carbocycles. The molecule has 1 saturated heterocycles. The van der Waals surface area contributed by atoms with Crippen molar-refractivity contribution in [1.82, 2.24) is 15.8 Å². The highest BCUT2D eigenvalue weighted by Crippen LogP contribution is 2.21. The lowest BCUT2D eigenvalue weighted by atomic mass is 10.1. The lowest BCUT2D eigenvalue weighted by Gasteiger charge is -2.07. The van der Waals surface area contributed by atoms with Crippen molar-refractivity contribution in [1.29, 1.82) is 0 Å². The first-order valence-corrected chi connectivity index (χ1v) is 4.35. The summed E-state index contributed by atoms with van der Waals surface area (Å²) >= 11 is 0. The molecule has 1 aliphatic rings. The van der Waals surface area contributed by atoms with Crippen LogP contribution in [0.25, 0.3) is 10.4 Å². The van der Waals surface area contributed by atoms with Gasteiger partial charge in [0.15, 0.2) is 0 Å². The summed E-state index contributed by atoms with van der Waals surface area (Å²) in [5, 5.41) is 3.59. The Bertz CT molecular complexity index is 344. The highest BCUT2D eigenvalue weighted by molar-refractivity contribution is 5.15. The van der Waals surface area contributed by atoms with Gasteiger partial charge in [-0.1, -0.05) is 11.2 Å². The summed E-state index contributed by atoms with van der Waals surface area (Å²) in [7, 11) is 0. The molecule has 1 aromatic rings. The minimum absolute atomic E-state index is 0.166. The Labute approximate surface area is 80.9 Å². The molecule has 0 radical (unpaired) electrons. The van der Waals surface area contributed by atoms with Gasteiger partial charge < -0.3 is 0 Å². The van der Waals surface area contributed by atoms with Gasteiger partial charge in [0.05, 0.1) is 0 Å². The first kappa shape index (κ1) is 8.96. The van der Waals surface area contributed by atoms with Crippen molar-refractivity contribution in [3.63, 3.8) is 0 Å². The molecule has 1 aromatic heterocycles. The van der Waals surface area contributed by atoms with Crippen molar-refractivity contribution < 1.29 is 0 Å². The van der Waals surface area contributed by atoms with Gasteiger partial charge in [0.1, 0.15) is 6.17 Å². The fourth-order valence-corrected chi connectivity index (χ4v) is 1.48. The maximum Gasteiger partial charge on any atom is 0.102 e. The van der Waals surface area contributed by atoms with Crippen LogP contribution in [0, 0.1) is 0 Å². The summed E-state index contributed by atoms with van der Waals surface area (Å²) < 4.78 is 0. The Balaban J connectivity index is 2.06. The van der Waals surface area contributed by atoms with Crippen LogP contribution < -0.4 is 10.9 Å². The van der Waals surface area contributed by atoms with Crippen LogP contribution in [0.2, 0.25) is 0 Å². The molecule has 2 rings (SSSR count). The average Bonchev–Trinajstić information content (AvgIpc) is 2.68. The second kappa shape index (κ2) is 4.06. The number of nitrogens with one attached hydrogen (secondary N) is 2. The van der Waals surface area contributed by atoms with E-state index in [1.165, 1.54) is 0 Å². The smallest absolute Gasteiger partial charge is 0.102 e. The number of aromatic nitrogens is 1. The molecule has 6 nitrogen and oxygen atoms in total. The van der Waals surface area contributed by atoms with Crippen molar-refractivity contribution in [3.05, 3.63) is 40.5 Å². The van der Waals surface area contributed by atoms with Gasteiger partial charge in [-0.2, -0.15) is 0 Å². The molecule has 0 amide bonds. The third kappa shape index (κ3) is 1.82. The molecule has 1 fully saturated rings. The van der Waals surface area contributed by atoms with E-state index in [-0.39, 0.29) is 12.2 Å². The summed E-state index contributed by atoms with van der Waals surface area (Å²) in [5.41, 5.74) is 15.3. The van der Waals surface area contributed by atoms with Crippen LogP contribution in [0.1, 0.15) is 18.0 Å². The molecule has 2 N–H and O–H groups in total. The van der Waals surface area contributed by atoms with Crippen molar-refractivity contribution in [2.24, 2.45) is 5.11 Å². The number of nitrogens with zero attached hydrogens (tertiary/aromatic N) is 4. The molecular formula is C8H10N6. The Kier molecular flexibility index (Phi) is 2.60. The van der Waals surface area contributed by atoms with E-state index in [0.717, 1.165) is 12.0 Å². The van der Waals surface area contributed by atoms with Gasteiger partial charge in [0.2, 0.25) is 0 Å². The molecule has 14 heavy (non-hydrogen) atoms. The molecule has 0 spiro atoms. The van der Waals surface area contributed by atoms with Crippen LogP contribution in [0.4, 0.5) is 0 Å². The third-order valence-electron chi connectivity index (χ3n) is 2.16. The van der Waals surface area contributed by atoms with E-state index < -0.39 is 0 Å². The Morgan fingerprint density at radius 1 is 1.57 bits per heavy atom. The van der Waals surface area contributed by atoms with E-state index in [2.05, 4.69) is 25.9 Å². The van der Waals surface area contributed by atoms with Gasteiger partial charge >= 0.3 is 0 Å². The maximum absolute atomic E-state index is 8.26. The third-order valence-corrected chi connectivity index (χ3v) is 2.16. The van der Waals surface area contributed by atoms with Crippen molar-refractivity contribution in [2.45, 2.75) is 18.6 Å². The molecule has 2 heterocycles. The molecule has 6 heteroatoms. The number of azide groups is 1. The first-order chi connectivity index (χ1) is 6.90. The average molecular weight is 190 g/mol. The van der Waals surface area contributed by atoms with Crippen molar-refractivity contribution >= 4 is 0 Å². The molecule has 0 aliphatic carbocycles. The van der Waals surface area contributed by atoms with Gasteiger partial charge in [-0.25, -0.2) is 10.9 Å². The fourth-order valence-electron chi connectivity index (χ4n) is 1.48. The number of hydrogen-bond acceptors (Lipinski definition) is 4. The van der Waals surface area contributed by atoms with Gasteiger partial charge in [-0.15, -0.1) is 0 Å². The summed E-state index contributed by atoms with van der Waals surface area (Å²) in [6.07, 6.45) is 4.11. The van der Waals surface area contributed by atoms with E-state index in [0.29, 0.717) is 0 Å². The van der Waals surface area contributed by atoms with E-state index in [4.69, 9.17) is 5.53 Å². The lowest BCUT2D eigenvalue weighted by Crippen LogP contribution is -2.29. The second-order valence-electron chi connectivity index (χ2n) is 3.08. The molecule has 0 aromatic carbocycles. The zero-order valence-electron chi connectivity index (χ0n) is 7.46. The Morgan fingerprint density at radius 2 is 2.50 bits per heavy atom. The predicted octanol–water partition coefficient (Wildman–Crippen LogP) is 1.26. The van der Waals surface area contributed by atoms with Gasteiger partial charge in [0.25, 0.3) is 0 Å². The predicted molar refractivity (Wildman–Crippen MR) is 50.8 cm³/mol. The van der Waals surface area contributed by atoms with E-state index in [9.17, 15) is 0 Å². The van der Waals surface area contributed by atoms with E-state index >= 15 is 0 Å². The van der Waals surface area contributed by atoms with Gasteiger partial charge in [-0.05, 0) is 23.6 Å². The SMILES string of the molecule is [N-]=[N+]=NC1CC(c2cccnc2)NN1. The lowest BCUT2D eigenvalue weighted by molar-refractivity contribution is 0.550. The molecule has 0 bridgehead atoms. The van der Waals surface area contributed by atoms with Crippen molar-refractivity contribution in [3.8, 4) is 0 Å². The van der Waals surface area contributed by atoms with Crippen LogP contribution in [-0.2, 0) is 0 Å². The highest BCUT2D eigenvalue weighted by Gasteiger charge is 2.23. The Morgan fingerprint density at radius 3 is 3.21 bits per heavy atom. The zero-order valence-corrected chi connectivity index (χ0v) is 7.46. The van der Waals surface area contributed by atoms with Crippen LogP contribution in [0.15, 0.2) is 29.6 Å². The van der Waals surface area contributed by atoms with Crippen molar-refractivity contribution in [2.75, 3.05) is 0 Å². The number of pyridine rings is 1. The van der Waals surface area contributed by atoms with Crippen LogP contribution in [-0.4, -0.2) is 11.1 Å². The Hall–Kier alpha value is -1.62. The quantitative estimate of drug-likeness (QED) is 0.418. The minimum atomic E-state index is -0.176. The van der Waals surface area contributed by atoms with Crippen LogP contribution >= 0.6 is 0 Å². The molecule has 72 valence electrons. The molecule has 1 aliphatic heterocycles. The number of rotatable bonds is 2. The first-order valence-electron chi connectivity index (χ1n) is 4.35. The largest absolute Gasteiger partial charge is 0.264 e. The zero-order chi connectivity index (χ0) is 9.80. The normalized spacial score (nSPS) is 25.7. The van der Waals surface area contributed by atoms with E-state index in [1.807, 2.05) is 12.1 Å². The second-order valence-corrected chi connectivity index (χ2v) is 3.08. The maximum atomic E-state index is 8.26. The summed E-state index contributed by atoms with van der Waals surface area (Å²) in [6.45, 7) is 0. The minimum Gasteiger partial charge on any atom is -0.264 e. The fraction of sp³-hybridized carbons (Fsp3) is 0.375. The van der Waals surface area contributed by atoms with Crippen LogP contribution in [0.5, 0.6) is 0 Å². The topological polar surface area (TPSA) is 85.7 Å². The van der Waals surface area contributed by atoms with Gasteiger partial charge in [-0.3, -0.25) is 4.98 Å². The summed E-state index contributed by atoms with van der Waals surface area (Å²) in [5.74, 6) is 0. The van der Waals surface area contributed by atoms with Gasteiger partial charge in [0, 0.05) is 23.3 Å². The molecular weight excluding hydrogens is 180 g/mol. The molecule has 2 atom stereocenters. The number of hydrazine groups is 1. The van der Waals surface area contributed by atoms with Crippen LogP contribution in [0.3, 0.4) is 0 Å². The molecule has 2 unspecified atom stereocenters. The monoisotopic (exact) mass is 190 g/mol. The standard InChI is InChI=1S/C8H10N6/c9-14-13-8-4-7(11-12-8)6-2-1-3-10-5-6/h1-3,5,7-8,11-12H,4H2. The summed E-state index contributed by atoms with van der Waals surface area (Å²) in [4.78, 5) is 6.78. The van der Waals surface area contributed by atoms with E-state index in [1.54, 1.807) is 12.4 Å². The number of hydrogen-bond donors (Lipinski definition) is 2. The summed E-state index contributed by atoms with van der Waals surface area (Å²) in [6, 6.07) is 4.04.